The lowest BCUT2D eigenvalue weighted by Crippen LogP contribution is -2.40. The van der Waals surface area contributed by atoms with Crippen LogP contribution < -0.4 is 16.0 Å². The maximum atomic E-state index is 11.8. The van der Waals surface area contributed by atoms with E-state index in [1.807, 2.05) is 18.2 Å². The number of nitrogens with one attached hydrogen (secondary N) is 3. The molecule has 2 aromatic rings. The van der Waals surface area contributed by atoms with E-state index in [0.717, 1.165) is 18.5 Å². The summed E-state index contributed by atoms with van der Waals surface area (Å²) < 4.78 is 0. The first-order chi connectivity index (χ1) is 10.3. The summed E-state index contributed by atoms with van der Waals surface area (Å²) in [4.78, 5) is 11.8. The number of amides is 2. The van der Waals surface area contributed by atoms with Gasteiger partial charge in [0.05, 0.1) is 0 Å². The van der Waals surface area contributed by atoms with Gasteiger partial charge in [0.15, 0.2) is 0 Å². The number of aryl methyl sites for hydroxylation is 1. The van der Waals surface area contributed by atoms with Crippen LogP contribution in [-0.2, 0) is 6.42 Å². The molecule has 0 aliphatic carbocycles. The van der Waals surface area contributed by atoms with Gasteiger partial charge in [-0.15, -0.1) is 12.1 Å². The Kier molecular flexibility index (Phi) is 4.05. The molecule has 4 nitrogen and oxygen atoms in total. The van der Waals surface area contributed by atoms with Crippen LogP contribution >= 0.6 is 0 Å². The van der Waals surface area contributed by atoms with Crippen LogP contribution in [0.3, 0.4) is 0 Å². The van der Waals surface area contributed by atoms with E-state index in [1.165, 1.54) is 11.3 Å². The minimum absolute atomic E-state index is 0.179. The van der Waals surface area contributed by atoms with Crippen LogP contribution in [0.4, 0.5) is 16.2 Å². The number of anilines is 2. The van der Waals surface area contributed by atoms with Gasteiger partial charge in [0.25, 0.3) is 0 Å². The molecule has 1 atom stereocenters. The van der Waals surface area contributed by atoms with Crippen LogP contribution in [0.25, 0.3) is 0 Å². The summed E-state index contributed by atoms with van der Waals surface area (Å²) >= 11 is 0. The number of carbonyl (C=O) groups is 1. The van der Waals surface area contributed by atoms with Crippen LogP contribution in [0, 0.1) is 6.07 Å². The third kappa shape index (κ3) is 3.54. The number of benzene rings is 2. The quantitative estimate of drug-likeness (QED) is 0.757. The van der Waals surface area contributed by atoms with Gasteiger partial charge in [-0.25, -0.2) is 4.79 Å². The molecule has 0 saturated heterocycles. The molecule has 0 aromatic heterocycles. The van der Waals surface area contributed by atoms with Crippen molar-refractivity contribution in [3.63, 3.8) is 0 Å². The average Bonchev–Trinajstić information content (AvgIpc) is 2.54. The lowest BCUT2D eigenvalue weighted by atomic mass is 9.98. The highest BCUT2D eigenvalue weighted by atomic mass is 16.2. The first kappa shape index (κ1) is 13.5. The van der Waals surface area contributed by atoms with Gasteiger partial charge in [-0.05, 0) is 24.5 Å². The van der Waals surface area contributed by atoms with Crippen molar-refractivity contribution in [3.05, 3.63) is 60.2 Å². The summed E-state index contributed by atoms with van der Waals surface area (Å²) in [5.74, 6) is 0. The average molecular weight is 280 g/mol. The number of urea groups is 1. The Hall–Kier alpha value is -2.49. The molecule has 3 rings (SSSR count). The summed E-state index contributed by atoms with van der Waals surface area (Å²) in [7, 11) is 0. The number of hydrogen-bond acceptors (Lipinski definition) is 2. The van der Waals surface area contributed by atoms with Gasteiger partial charge in [0.1, 0.15) is 0 Å². The highest BCUT2D eigenvalue weighted by Crippen LogP contribution is 2.23. The molecule has 1 aliphatic heterocycles. The molecule has 2 amide bonds. The Morgan fingerprint density at radius 2 is 2.05 bits per heavy atom. The Balaban J connectivity index is 1.49. The van der Waals surface area contributed by atoms with Gasteiger partial charge in [-0.2, -0.15) is 18.2 Å². The summed E-state index contributed by atoms with van der Waals surface area (Å²) in [6.45, 7) is 0.610. The molecule has 108 valence electrons. The summed E-state index contributed by atoms with van der Waals surface area (Å²) in [5.41, 5.74) is 3.29. The Bertz CT molecular complexity index is 612. The maximum Gasteiger partial charge on any atom is 0.317 e. The molecule has 0 saturated carbocycles. The topological polar surface area (TPSA) is 53.2 Å². The fourth-order valence-electron chi connectivity index (χ4n) is 2.52. The third-order valence-electron chi connectivity index (χ3n) is 3.62. The second kappa shape index (κ2) is 6.31. The zero-order chi connectivity index (χ0) is 14.5. The van der Waals surface area contributed by atoms with Gasteiger partial charge in [-0.1, -0.05) is 23.9 Å². The van der Waals surface area contributed by atoms with Crippen molar-refractivity contribution in [3.8, 4) is 0 Å². The summed E-state index contributed by atoms with van der Waals surface area (Å²) in [5, 5.41) is 9.18. The molecule has 0 bridgehead atoms. The fourth-order valence-corrected chi connectivity index (χ4v) is 2.52. The highest BCUT2D eigenvalue weighted by Gasteiger charge is 2.17. The Labute approximate surface area is 124 Å². The molecule has 4 heteroatoms. The number of carbonyl (C=O) groups excluding carboxylic acids is 1. The summed E-state index contributed by atoms with van der Waals surface area (Å²) in [6.07, 6.45) is 2.07. The Morgan fingerprint density at radius 3 is 2.90 bits per heavy atom. The second-order valence-corrected chi connectivity index (χ2v) is 5.16. The predicted molar refractivity (Wildman–Crippen MR) is 84.5 cm³/mol. The molecular weight excluding hydrogens is 262 g/mol. The van der Waals surface area contributed by atoms with E-state index < -0.39 is 0 Å². The van der Waals surface area contributed by atoms with Crippen LogP contribution in [-0.4, -0.2) is 18.6 Å². The molecule has 1 heterocycles. The zero-order valence-corrected chi connectivity index (χ0v) is 11.7. The van der Waals surface area contributed by atoms with Gasteiger partial charge in [0, 0.05) is 18.3 Å². The van der Waals surface area contributed by atoms with Crippen molar-refractivity contribution in [2.45, 2.75) is 18.9 Å². The standard InChI is InChI=1S/C17H18N3O/c21-17(20-14-7-2-1-3-8-14)18-12-15-11-10-13-6-4-5-9-16(13)19-15/h2-9,15,19H,10-12H2,(H2,18,20,21)/q-1. The van der Waals surface area contributed by atoms with Crippen molar-refractivity contribution in [1.82, 2.24) is 5.32 Å². The largest absolute Gasteiger partial charge is 0.380 e. The first-order valence-corrected chi connectivity index (χ1v) is 7.17. The summed E-state index contributed by atoms with van der Waals surface area (Å²) in [6, 6.07) is 18.5. The van der Waals surface area contributed by atoms with E-state index in [4.69, 9.17) is 0 Å². The van der Waals surface area contributed by atoms with Gasteiger partial charge in [-0.3, -0.25) is 0 Å². The van der Waals surface area contributed by atoms with Gasteiger partial charge >= 0.3 is 6.03 Å². The van der Waals surface area contributed by atoms with Crippen LogP contribution in [0.2, 0.25) is 0 Å². The van der Waals surface area contributed by atoms with Crippen molar-refractivity contribution >= 4 is 17.4 Å². The molecule has 1 unspecified atom stereocenters. The number of hydrogen-bond donors (Lipinski definition) is 3. The third-order valence-corrected chi connectivity index (χ3v) is 3.62. The minimum Gasteiger partial charge on any atom is -0.380 e. The van der Waals surface area contributed by atoms with Crippen molar-refractivity contribution in [2.24, 2.45) is 0 Å². The van der Waals surface area contributed by atoms with Gasteiger partial charge in [0.2, 0.25) is 0 Å². The van der Waals surface area contributed by atoms with Crippen molar-refractivity contribution in [1.29, 1.82) is 0 Å². The first-order valence-electron chi connectivity index (χ1n) is 7.17. The second-order valence-electron chi connectivity index (χ2n) is 5.16. The van der Waals surface area contributed by atoms with E-state index in [1.54, 1.807) is 12.1 Å². The van der Waals surface area contributed by atoms with E-state index in [0.29, 0.717) is 6.54 Å². The minimum atomic E-state index is -0.179. The maximum absolute atomic E-state index is 11.8. The predicted octanol–water partition coefficient (Wildman–Crippen LogP) is 3.04. The van der Waals surface area contributed by atoms with E-state index in [-0.39, 0.29) is 12.1 Å². The molecular formula is C17H18N3O-. The lowest BCUT2D eigenvalue weighted by Gasteiger charge is -2.27. The van der Waals surface area contributed by atoms with E-state index in [9.17, 15) is 4.79 Å². The lowest BCUT2D eigenvalue weighted by molar-refractivity contribution is 0.251. The van der Waals surface area contributed by atoms with Crippen LogP contribution in [0.15, 0.2) is 48.5 Å². The molecule has 21 heavy (non-hydrogen) atoms. The monoisotopic (exact) mass is 280 g/mol. The van der Waals surface area contributed by atoms with E-state index in [2.05, 4.69) is 40.2 Å². The SMILES string of the molecule is O=C(NCC1CCc2ccccc2N1)Nc1cc[c-]cc1. The van der Waals surface area contributed by atoms with Crippen LogP contribution in [0.5, 0.6) is 0 Å². The molecule has 0 spiro atoms. The van der Waals surface area contributed by atoms with E-state index >= 15 is 0 Å². The van der Waals surface area contributed by atoms with Crippen molar-refractivity contribution in [2.75, 3.05) is 17.2 Å². The Morgan fingerprint density at radius 1 is 1.24 bits per heavy atom. The van der Waals surface area contributed by atoms with Crippen molar-refractivity contribution < 1.29 is 4.79 Å². The van der Waals surface area contributed by atoms with Crippen LogP contribution in [0.1, 0.15) is 12.0 Å². The molecule has 2 aromatic carbocycles. The molecule has 0 fully saturated rings. The van der Waals surface area contributed by atoms with Gasteiger partial charge < -0.3 is 16.0 Å². The molecule has 0 radical (unpaired) electrons. The normalized spacial score (nSPS) is 16.5. The smallest absolute Gasteiger partial charge is 0.317 e. The molecule has 3 N–H and O–H groups in total. The highest BCUT2D eigenvalue weighted by molar-refractivity contribution is 5.89. The number of rotatable bonds is 3. The molecule has 1 aliphatic rings. The fraction of sp³-hybridized carbons (Fsp3) is 0.235. The number of para-hydroxylation sites is 1. The zero-order valence-electron chi connectivity index (χ0n) is 11.7. The number of fused-ring (bicyclic) bond motifs is 1.